The molecule has 170 valence electrons. The van der Waals surface area contributed by atoms with Crippen molar-refractivity contribution in [2.24, 2.45) is 0 Å². The fourth-order valence-electron chi connectivity index (χ4n) is 3.77. The van der Waals surface area contributed by atoms with E-state index < -0.39 is 0 Å². The molecule has 0 spiro atoms. The number of fused-ring (bicyclic) bond motifs is 3. The van der Waals surface area contributed by atoms with Crippen LogP contribution in [0.25, 0.3) is 27.6 Å². The highest BCUT2D eigenvalue weighted by Crippen LogP contribution is 2.26. The van der Waals surface area contributed by atoms with Gasteiger partial charge in [-0.15, -0.1) is 0 Å². The number of carbonyl (C=O) groups excluding carboxylic acids is 1. The second-order valence-electron chi connectivity index (χ2n) is 7.56. The Morgan fingerprint density at radius 1 is 1.03 bits per heavy atom. The van der Waals surface area contributed by atoms with E-state index in [4.69, 9.17) is 9.72 Å². The molecule has 0 saturated heterocycles. The molecular formula is C26H22N4O3S. The number of nitrogens with one attached hydrogen (secondary N) is 2. The minimum Gasteiger partial charge on any atom is -0.494 e. The average Bonchev–Trinajstić information content (AvgIpc) is 3.24. The Balaban J connectivity index is 1.47. The van der Waals surface area contributed by atoms with Crippen LogP contribution >= 0.6 is 11.8 Å². The van der Waals surface area contributed by atoms with Crippen molar-refractivity contribution in [2.45, 2.75) is 12.1 Å². The molecular weight excluding hydrogens is 448 g/mol. The van der Waals surface area contributed by atoms with Gasteiger partial charge in [-0.1, -0.05) is 48.2 Å². The first kappa shape index (κ1) is 21.8. The number of para-hydroxylation sites is 2. The summed E-state index contributed by atoms with van der Waals surface area (Å²) in [6.07, 6.45) is 0. The van der Waals surface area contributed by atoms with Gasteiger partial charge in [0, 0.05) is 16.6 Å². The molecule has 5 aromatic rings. The molecule has 0 saturated carbocycles. The van der Waals surface area contributed by atoms with E-state index in [0.717, 1.165) is 16.7 Å². The molecule has 7 nitrogen and oxygen atoms in total. The third-order valence-electron chi connectivity index (χ3n) is 5.29. The van der Waals surface area contributed by atoms with Crippen molar-refractivity contribution < 1.29 is 9.53 Å². The smallest absolute Gasteiger partial charge is 0.283 e. The Morgan fingerprint density at radius 2 is 1.76 bits per heavy atom. The van der Waals surface area contributed by atoms with Crippen LogP contribution in [0.5, 0.6) is 5.75 Å². The number of carbonyl (C=O) groups is 1. The number of ether oxygens (including phenoxy) is 1. The van der Waals surface area contributed by atoms with Gasteiger partial charge in [-0.05, 0) is 49.4 Å². The topological polar surface area (TPSA) is 89.0 Å². The highest BCUT2D eigenvalue weighted by Gasteiger charge is 2.18. The van der Waals surface area contributed by atoms with E-state index in [2.05, 4.69) is 10.3 Å². The lowest BCUT2D eigenvalue weighted by molar-refractivity contribution is -0.113. The maximum Gasteiger partial charge on any atom is 0.283 e. The number of anilines is 1. The summed E-state index contributed by atoms with van der Waals surface area (Å²) in [4.78, 5) is 34.2. The Kier molecular flexibility index (Phi) is 6.05. The van der Waals surface area contributed by atoms with Crippen molar-refractivity contribution in [3.8, 4) is 11.4 Å². The maximum absolute atomic E-state index is 13.5. The zero-order valence-electron chi connectivity index (χ0n) is 18.4. The summed E-state index contributed by atoms with van der Waals surface area (Å²) >= 11 is 1.22. The van der Waals surface area contributed by atoms with Gasteiger partial charge in [-0.3, -0.25) is 14.2 Å². The lowest BCUT2D eigenvalue weighted by atomic mass is 10.2. The summed E-state index contributed by atoms with van der Waals surface area (Å²) < 4.78 is 6.98. The number of thioether (sulfide) groups is 1. The molecule has 0 aliphatic rings. The van der Waals surface area contributed by atoms with Crippen molar-refractivity contribution in [2.75, 3.05) is 17.7 Å². The Bertz CT molecular complexity index is 1530. The number of aromatic nitrogens is 3. The maximum atomic E-state index is 13.5. The van der Waals surface area contributed by atoms with Crippen molar-refractivity contribution >= 4 is 45.3 Å². The summed E-state index contributed by atoms with van der Waals surface area (Å²) in [6, 6.07) is 24.2. The second kappa shape index (κ2) is 9.44. The zero-order valence-corrected chi connectivity index (χ0v) is 19.3. The molecule has 2 aromatic heterocycles. The van der Waals surface area contributed by atoms with Gasteiger partial charge in [0.1, 0.15) is 16.8 Å². The van der Waals surface area contributed by atoms with Gasteiger partial charge in [-0.25, -0.2) is 4.98 Å². The Labute approximate surface area is 199 Å². The van der Waals surface area contributed by atoms with Gasteiger partial charge in [0.25, 0.3) is 5.56 Å². The number of amides is 1. The van der Waals surface area contributed by atoms with Crippen LogP contribution < -0.4 is 15.6 Å². The van der Waals surface area contributed by atoms with E-state index in [1.54, 1.807) is 16.7 Å². The summed E-state index contributed by atoms with van der Waals surface area (Å²) in [6.45, 7) is 2.50. The summed E-state index contributed by atoms with van der Waals surface area (Å²) in [5.41, 5.74) is 3.04. The third-order valence-corrected chi connectivity index (χ3v) is 6.23. The van der Waals surface area contributed by atoms with E-state index in [0.29, 0.717) is 34.2 Å². The highest BCUT2D eigenvalue weighted by atomic mass is 32.2. The first-order valence-electron chi connectivity index (χ1n) is 10.9. The Hall–Kier alpha value is -4.04. The molecule has 0 aliphatic heterocycles. The summed E-state index contributed by atoms with van der Waals surface area (Å²) in [5, 5.41) is 4.21. The van der Waals surface area contributed by atoms with Crippen LogP contribution in [0.3, 0.4) is 0 Å². The quantitative estimate of drug-likeness (QED) is 0.258. The number of H-pyrrole nitrogens is 1. The van der Waals surface area contributed by atoms with E-state index >= 15 is 0 Å². The van der Waals surface area contributed by atoms with Crippen LogP contribution in [-0.4, -0.2) is 32.8 Å². The monoisotopic (exact) mass is 470 g/mol. The SMILES string of the molecule is CCOc1ccc(NC(=O)CSc2nc3c([nH]c4ccccc43)c(=O)n2-c2ccccc2)cc1. The number of aromatic amines is 1. The number of nitrogens with zero attached hydrogens (tertiary/aromatic N) is 2. The van der Waals surface area contributed by atoms with Crippen LogP contribution in [0.15, 0.2) is 88.8 Å². The molecule has 34 heavy (non-hydrogen) atoms. The summed E-state index contributed by atoms with van der Waals surface area (Å²) in [5.74, 6) is 0.653. The van der Waals surface area contributed by atoms with Gasteiger partial charge in [-0.2, -0.15) is 0 Å². The fourth-order valence-corrected chi connectivity index (χ4v) is 4.58. The van der Waals surface area contributed by atoms with Crippen molar-refractivity contribution in [1.29, 1.82) is 0 Å². The predicted molar refractivity (Wildman–Crippen MR) is 136 cm³/mol. The minimum absolute atomic E-state index is 0.0976. The summed E-state index contributed by atoms with van der Waals surface area (Å²) in [7, 11) is 0. The van der Waals surface area contributed by atoms with Crippen LogP contribution in [0.1, 0.15) is 6.92 Å². The second-order valence-corrected chi connectivity index (χ2v) is 8.50. The fraction of sp³-hybridized carbons (Fsp3) is 0.115. The van der Waals surface area contributed by atoms with E-state index in [1.807, 2.05) is 73.7 Å². The molecule has 0 aliphatic carbocycles. The standard InChI is InChI=1S/C26H22N4O3S/c1-2-33-19-14-12-17(13-15-19)27-22(31)16-34-26-29-23-20-10-6-7-11-21(20)28-24(23)25(32)30(26)18-8-4-3-5-9-18/h3-15,28H,2,16H2,1H3,(H,27,31). The molecule has 0 radical (unpaired) electrons. The van der Waals surface area contributed by atoms with Crippen LogP contribution in [0.4, 0.5) is 5.69 Å². The molecule has 3 aromatic carbocycles. The first-order chi connectivity index (χ1) is 16.6. The number of benzene rings is 3. The van der Waals surface area contributed by atoms with Crippen molar-refractivity contribution in [1.82, 2.24) is 14.5 Å². The van der Waals surface area contributed by atoms with Crippen molar-refractivity contribution in [3.05, 3.63) is 89.2 Å². The van der Waals surface area contributed by atoms with E-state index in [-0.39, 0.29) is 17.2 Å². The molecule has 2 N–H and O–H groups in total. The number of hydrogen-bond acceptors (Lipinski definition) is 5. The number of hydrogen-bond donors (Lipinski definition) is 2. The van der Waals surface area contributed by atoms with Gasteiger partial charge < -0.3 is 15.0 Å². The normalized spacial score (nSPS) is 11.1. The van der Waals surface area contributed by atoms with Gasteiger partial charge in [0.2, 0.25) is 5.91 Å². The Morgan fingerprint density at radius 3 is 2.53 bits per heavy atom. The van der Waals surface area contributed by atoms with Gasteiger partial charge >= 0.3 is 0 Å². The minimum atomic E-state index is -0.207. The third kappa shape index (κ3) is 4.27. The highest BCUT2D eigenvalue weighted by molar-refractivity contribution is 7.99. The lowest BCUT2D eigenvalue weighted by Crippen LogP contribution is -2.23. The molecule has 0 atom stereocenters. The van der Waals surface area contributed by atoms with E-state index in [9.17, 15) is 9.59 Å². The predicted octanol–water partition coefficient (Wildman–Crippen LogP) is 5.00. The molecule has 5 rings (SSSR count). The first-order valence-corrected chi connectivity index (χ1v) is 11.9. The molecule has 8 heteroatoms. The van der Waals surface area contributed by atoms with Gasteiger partial charge in [0.05, 0.1) is 18.0 Å². The molecule has 0 fully saturated rings. The molecule has 0 bridgehead atoms. The zero-order chi connectivity index (χ0) is 23.5. The number of rotatable bonds is 7. The molecule has 1 amide bonds. The largest absolute Gasteiger partial charge is 0.494 e. The van der Waals surface area contributed by atoms with Gasteiger partial charge in [0.15, 0.2) is 5.16 Å². The lowest BCUT2D eigenvalue weighted by Gasteiger charge is -2.12. The molecule has 2 heterocycles. The van der Waals surface area contributed by atoms with Crippen LogP contribution in [0.2, 0.25) is 0 Å². The average molecular weight is 471 g/mol. The van der Waals surface area contributed by atoms with E-state index in [1.165, 1.54) is 11.8 Å². The van der Waals surface area contributed by atoms with Crippen LogP contribution in [0, 0.1) is 0 Å². The van der Waals surface area contributed by atoms with Crippen molar-refractivity contribution in [3.63, 3.8) is 0 Å². The van der Waals surface area contributed by atoms with Crippen LogP contribution in [-0.2, 0) is 4.79 Å². The molecule has 0 unspecified atom stereocenters.